The SMILES string of the molecule is COC(=O)C1(c2ccc(F)cc2)ON=C2C(=Cc3ccc(-n4cnc(C)c4)c(OC)c3)CCCN21. The van der Waals surface area contributed by atoms with Crippen LogP contribution in [0.1, 0.15) is 29.7 Å². The van der Waals surface area contributed by atoms with Gasteiger partial charge in [0.25, 0.3) is 0 Å². The summed E-state index contributed by atoms with van der Waals surface area (Å²) in [5.41, 5.74) is 2.47. The van der Waals surface area contributed by atoms with Crippen LogP contribution in [0, 0.1) is 12.7 Å². The Hall–Kier alpha value is -4.14. The topological polar surface area (TPSA) is 78.2 Å². The number of carbonyl (C=O) groups is 1. The van der Waals surface area contributed by atoms with Gasteiger partial charge < -0.3 is 23.8 Å². The van der Waals surface area contributed by atoms with Crippen LogP contribution in [0.5, 0.6) is 5.75 Å². The lowest BCUT2D eigenvalue weighted by atomic mass is 9.94. The molecule has 2 aliphatic rings. The summed E-state index contributed by atoms with van der Waals surface area (Å²) in [6.07, 6.45) is 7.22. The van der Waals surface area contributed by atoms with Gasteiger partial charge in [-0.2, -0.15) is 0 Å². The van der Waals surface area contributed by atoms with E-state index in [0.29, 0.717) is 23.7 Å². The number of imidazole rings is 1. The average Bonchev–Trinajstić information content (AvgIpc) is 3.49. The van der Waals surface area contributed by atoms with E-state index in [0.717, 1.165) is 35.4 Å². The number of halogens is 1. The van der Waals surface area contributed by atoms with Crippen molar-refractivity contribution in [1.29, 1.82) is 0 Å². The number of nitrogens with zero attached hydrogens (tertiary/aromatic N) is 4. The molecule has 0 saturated carbocycles. The lowest BCUT2D eigenvalue weighted by molar-refractivity contribution is -0.186. The molecular weight excluding hydrogens is 451 g/mol. The highest BCUT2D eigenvalue weighted by Gasteiger charge is 2.56. The van der Waals surface area contributed by atoms with Crippen LogP contribution >= 0.6 is 0 Å². The van der Waals surface area contributed by atoms with Crippen molar-refractivity contribution in [3.63, 3.8) is 0 Å². The predicted octanol–water partition coefficient (Wildman–Crippen LogP) is 4.18. The monoisotopic (exact) mass is 476 g/mol. The van der Waals surface area contributed by atoms with Crippen molar-refractivity contribution in [2.24, 2.45) is 5.16 Å². The number of piperidine rings is 1. The number of aryl methyl sites for hydroxylation is 1. The van der Waals surface area contributed by atoms with Gasteiger partial charge in [0, 0.05) is 18.3 Å². The minimum atomic E-state index is -1.60. The van der Waals surface area contributed by atoms with Crippen molar-refractivity contribution >= 4 is 17.9 Å². The zero-order valence-corrected chi connectivity index (χ0v) is 19.7. The first kappa shape index (κ1) is 22.6. The summed E-state index contributed by atoms with van der Waals surface area (Å²) in [4.78, 5) is 24.9. The van der Waals surface area contributed by atoms with E-state index in [1.54, 1.807) is 18.3 Å². The van der Waals surface area contributed by atoms with E-state index < -0.39 is 17.5 Å². The number of hydrogen-bond acceptors (Lipinski definition) is 7. The molecule has 2 aromatic carbocycles. The molecule has 1 aromatic heterocycles. The number of oxime groups is 1. The van der Waals surface area contributed by atoms with Gasteiger partial charge in [0.15, 0.2) is 5.84 Å². The van der Waals surface area contributed by atoms with Crippen LogP contribution in [0.4, 0.5) is 4.39 Å². The first-order valence-corrected chi connectivity index (χ1v) is 11.2. The zero-order valence-electron chi connectivity index (χ0n) is 19.7. The third-order valence-corrected chi connectivity index (χ3v) is 6.25. The molecule has 180 valence electrons. The third kappa shape index (κ3) is 3.82. The maximum Gasteiger partial charge on any atom is 0.380 e. The quantitative estimate of drug-likeness (QED) is 0.514. The fourth-order valence-electron chi connectivity index (χ4n) is 4.57. The fourth-order valence-corrected chi connectivity index (χ4v) is 4.57. The maximum atomic E-state index is 13.6. The number of methoxy groups -OCH3 is 2. The molecule has 35 heavy (non-hydrogen) atoms. The molecule has 9 heteroatoms. The van der Waals surface area contributed by atoms with E-state index in [2.05, 4.69) is 10.1 Å². The minimum Gasteiger partial charge on any atom is -0.495 e. The van der Waals surface area contributed by atoms with Crippen molar-refractivity contribution in [3.8, 4) is 11.4 Å². The van der Waals surface area contributed by atoms with Gasteiger partial charge in [-0.3, -0.25) is 0 Å². The van der Waals surface area contributed by atoms with E-state index in [9.17, 15) is 9.18 Å². The maximum absolute atomic E-state index is 13.6. The number of benzene rings is 2. The van der Waals surface area contributed by atoms with E-state index >= 15 is 0 Å². The first-order chi connectivity index (χ1) is 17.0. The Morgan fingerprint density at radius 1 is 1.20 bits per heavy atom. The summed E-state index contributed by atoms with van der Waals surface area (Å²) in [6, 6.07) is 11.5. The number of rotatable bonds is 5. The van der Waals surface area contributed by atoms with Crippen molar-refractivity contribution in [1.82, 2.24) is 14.5 Å². The van der Waals surface area contributed by atoms with Gasteiger partial charge in [0.05, 0.1) is 31.9 Å². The molecule has 1 atom stereocenters. The number of fused-ring (bicyclic) bond motifs is 1. The Bertz CT molecular complexity index is 1330. The lowest BCUT2D eigenvalue weighted by Crippen LogP contribution is -2.54. The molecule has 3 heterocycles. The Balaban J connectivity index is 1.51. The predicted molar refractivity (Wildman–Crippen MR) is 127 cm³/mol. The molecule has 2 aliphatic heterocycles. The molecule has 1 unspecified atom stereocenters. The molecule has 1 saturated heterocycles. The fraction of sp³-hybridized carbons (Fsp3) is 0.269. The minimum absolute atomic E-state index is 0.407. The van der Waals surface area contributed by atoms with Crippen molar-refractivity contribution in [3.05, 3.63) is 83.2 Å². The highest BCUT2D eigenvalue weighted by atomic mass is 19.1. The van der Waals surface area contributed by atoms with Crippen LogP contribution in [-0.4, -0.2) is 47.0 Å². The van der Waals surface area contributed by atoms with Gasteiger partial charge in [-0.25, -0.2) is 14.2 Å². The summed E-state index contributed by atoms with van der Waals surface area (Å²) in [5.74, 6) is 0.227. The van der Waals surface area contributed by atoms with E-state index in [-0.39, 0.29) is 0 Å². The van der Waals surface area contributed by atoms with Gasteiger partial charge in [0.2, 0.25) is 0 Å². The second-order valence-electron chi connectivity index (χ2n) is 8.43. The summed E-state index contributed by atoms with van der Waals surface area (Å²) in [6.45, 7) is 2.46. The van der Waals surface area contributed by atoms with Gasteiger partial charge in [-0.1, -0.05) is 11.2 Å². The summed E-state index contributed by atoms with van der Waals surface area (Å²) < 4.78 is 26.2. The average molecular weight is 477 g/mol. The number of carbonyl (C=O) groups excluding carboxylic acids is 1. The summed E-state index contributed by atoms with van der Waals surface area (Å²) >= 11 is 0. The second kappa shape index (κ2) is 8.90. The second-order valence-corrected chi connectivity index (χ2v) is 8.43. The normalized spacial score (nSPS) is 20.3. The molecule has 3 aromatic rings. The molecule has 5 rings (SSSR count). The number of amidine groups is 1. The van der Waals surface area contributed by atoms with Crippen LogP contribution < -0.4 is 4.74 Å². The number of esters is 1. The molecule has 0 bridgehead atoms. The highest BCUT2D eigenvalue weighted by Crippen LogP contribution is 2.41. The molecule has 1 fully saturated rings. The Kier molecular flexibility index (Phi) is 5.76. The van der Waals surface area contributed by atoms with Crippen LogP contribution in [0.25, 0.3) is 11.8 Å². The number of ether oxygens (including phenoxy) is 2. The van der Waals surface area contributed by atoms with Gasteiger partial charge in [-0.15, -0.1) is 0 Å². The smallest absolute Gasteiger partial charge is 0.380 e. The zero-order chi connectivity index (χ0) is 24.6. The first-order valence-electron chi connectivity index (χ1n) is 11.2. The Morgan fingerprint density at radius 3 is 2.69 bits per heavy atom. The van der Waals surface area contributed by atoms with Crippen LogP contribution in [0.3, 0.4) is 0 Å². The standard InChI is InChI=1S/C26H25FN4O4/c1-17-15-30(16-28-17)22-11-6-18(14-23(22)33-2)13-19-5-4-12-31-24(19)29-35-26(31,25(32)34-3)20-7-9-21(27)10-8-20/h6-11,13-16H,4-5,12H2,1-3H3. The molecule has 0 radical (unpaired) electrons. The van der Waals surface area contributed by atoms with Crippen LogP contribution in [0.15, 0.2) is 65.7 Å². The molecule has 0 aliphatic carbocycles. The largest absolute Gasteiger partial charge is 0.495 e. The summed E-state index contributed by atoms with van der Waals surface area (Å²) in [5, 5.41) is 4.30. The Morgan fingerprint density at radius 2 is 2.00 bits per heavy atom. The third-order valence-electron chi connectivity index (χ3n) is 6.25. The van der Waals surface area contributed by atoms with Crippen molar-refractivity contribution in [2.45, 2.75) is 25.5 Å². The van der Waals surface area contributed by atoms with Gasteiger partial charge >= 0.3 is 11.7 Å². The molecule has 0 N–H and O–H groups in total. The van der Waals surface area contributed by atoms with E-state index in [1.165, 1.54) is 31.4 Å². The summed E-state index contributed by atoms with van der Waals surface area (Å²) in [7, 11) is 2.93. The number of hydrogen-bond donors (Lipinski definition) is 0. The van der Waals surface area contributed by atoms with E-state index in [4.69, 9.17) is 14.3 Å². The Labute approximate surface area is 202 Å². The van der Waals surface area contributed by atoms with Crippen LogP contribution in [-0.2, 0) is 20.1 Å². The molecule has 0 spiro atoms. The van der Waals surface area contributed by atoms with Crippen LogP contribution in [0.2, 0.25) is 0 Å². The highest BCUT2D eigenvalue weighted by molar-refractivity contribution is 6.06. The number of aromatic nitrogens is 2. The molecular formula is C26H25FN4O4. The molecule has 0 amide bonds. The van der Waals surface area contributed by atoms with Crippen molar-refractivity contribution < 1.29 is 23.5 Å². The molecule has 8 nitrogen and oxygen atoms in total. The lowest BCUT2D eigenvalue weighted by Gasteiger charge is -2.37. The van der Waals surface area contributed by atoms with Gasteiger partial charge in [-0.05, 0) is 73.4 Å². The van der Waals surface area contributed by atoms with Crippen molar-refractivity contribution in [2.75, 3.05) is 20.8 Å². The van der Waals surface area contributed by atoms with E-state index in [1.807, 2.05) is 42.0 Å². The van der Waals surface area contributed by atoms with Gasteiger partial charge in [0.1, 0.15) is 11.6 Å².